The second-order valence-electron chi connectivity index (χ2n) is 14.7. The Morgan fingerprint density at radius 2 is 1.16 bits per heavy atom. The topological polar surface area (TPSA) is 77.4 Å². The Bertz CT molecular complexity index is 1450. The summed E-state index contributed by atoms with van der Waals surface area (Å²) in [6.07, 6.45) is -0.761. The number of methoxy groups -OCH3 is 1. The molecule has 49 heavy (non-hydrogen) atoms. The van der Waals surface area contributed by atoms with Gasteiger partial charge in [-0.1, -0.05) is 138 Å². The smallest absolute Gasteiger partial charge is 0.261 e. The van der Waals surface area contributed by atoms with Crippen LogP contribution in [0.15, 0.2) is 115 Å². The van der Waals surface area contributed by atoms with E-state index in [0.29, 0.717) is 39.3 Å². The molecule has 0 aromatic heterocycles. The molecule has 264 valence electrons. The van der Waals surface area contributed by atoms with Gasteiger partial charge in [0.25, 0.3) is 8.32 Å². The molecule has 0 heterocycles. The van der Waals surface area contributed by atoms with E-state index in [0.717, 1.165) is 16.9 Å². The van der Waals surface area contributed by atoms with Crippen LogP contribution in [0.3, 0.4) is 0 Å². The monoisotopic (exact) mass is 684 g/mol. The molecule has 6 nitrogen and oxygen atoms in total. The van der Waals surface area contributed by atoms with Crippen LogP contribution < -0.4 is 15.1 Å². The summed E-state index contributed by atoms with van der Waals surface area (Å²) in [5, 5.41) is 24.8. The van der Waals surface area contributed by atoms with Crippen LogP contribution in [-0.4, -0.2) is 57.2 Å². The lowest BCUT2D eigenvalue weighted by Crippen LogP contribution is -2.66. The first-order chi connectivity index (χ1) is 23.4. The summed E-state index contributed by atoms with van der Waals surface area (Å²) in [6, 6.07) is 38.9. The van der Waals surface area contributed by atoms with Gasteiger partial charge in [0.1, 0.15) is 5.75 Å². The molecule has 0 spiro atoms. The van der Waals surface area contributed by atoms with Crippen LogP contribution in [0.25, 0.3) is 0 Å². The van der Waals surface area contributed by atoms with E-state index in [-0.39, 0.29) is 17.6 Å². The minimum Gasteiger partial charge on any atom is -0.497 e. The molecule has 4 aromatic carbocycles. The zero-order chi connectivity index (χ0) is 35.3. The summed E-state index contributed by atoms with van der Waals surface area (Å²) in [5.74, 6) is 0.809. The number of hydrogen-bond donors (Lipinski definition) is 2. The minimum atomic E-state index is -2.71. The van der Waals surface area contributed by atoms with E-state index in [1.54, 1.807) is 7.11 Å². The molecule has 0 aliphatic heterocycles. The van der Waals surface area contributed by atoms with Crippen LogP contribution in [0.4, 0.5) is 0 Å². The molecule has 0 amide bonds. The molecule has 0 unspecified atom stereocenters. The maximum absolute atomic E-state index is 11.3. The first-order valence-corrected chi connectivity index (χ1v) is 19.3. The number of rotatable bonds is 19. The Balaban J connectivity index is 1.39. The van der Waals surface area contributed by atoms with Gasteiger partial charge >= 0.3 is 0 Å². The summed E-state index contributed by atoms with van der Waals surface area (Å²) in [7, 11) is -1.05. The predicted octanol–water partition coefficient (Wildman–Crippen LogP) is 7.29. The van der Waals surface area contributed by atoms with Crippen molar-refractivity contribution in [2.45, 2.75) is 90.4 Å². The summed E-state index contributed by atoms with van der Waals surface area (Å²) in [6.45, 7) is 12.7. The Kier molecular flexibility index (Phi) is 14.2. The van der Waals surface area contributed by atoms with Crippen molar-refractivity contribution < 1.29 is 28.8 Å². The normalized spacial score (nSPS) is 14.3. The average Bonchev–Trinajstić information content (AvgIpc) is 3.09. The highest BCUT2D eigenvalue weighted by Crippen LogP contribution is 2.37. The van der Waals surface area contributed by atoms with Crippen LogP contribution in [0, 0.1) is 5.41 Å². The maximum atomic E-state index is 11.3. The van der Waals surface area contributed by atoms with E-state index >= 15 is 0 Å². The summed E-state index contributed by atoms with van der Waals surface area (Å²) in [5.41, 5.74) is 1.72. The Morgan fingerprint density at radius 3 is 1.69 bits per heavy atom. The second kappa shape index (κ2) is 18.1. The second-order valence-corrected chi connectivity index (χ2v) is 19.0. The molecule has 4 aromatic rings. The summed E-state index contributed by atoms with van der Waals surface area (Å²) >= 11 is 0. The van der Waals surface area contributed by atoms with Crippen LogP contribution in [0.5, 0.6) is 5.75 Å². The number of ether oxygens (including phenoxy) is 3. The predicted molar refractivity (Wildman–Crippen MR) is 201 cm³/mol. The van der Waals surface area contributed by atoms with Crippen molar-refractivity contribution in [2.24, 2.45) is 5.41 Å². The molecule has 0 radical (unpaired) electrons. The molecule has 3 atom stereocenters. The van der Waals surface area contributed by atoms with Gasteiger partial charge in [-0.3, -0.25) is 0 Å². The van der Waals surface area contributed by atoms with E-state index < -0.39 is 25.9 Å². The van der Waals surface area contributed by atoms with Crippen LogP contribution in [0.2, 0.25) is 5.04 Å². The summed E-state index contributed by atoms with van der Waals surface area (Å²) < 4.78 is 24.9. The van der Waals surface area contributed by atoms with Gasteiger partial charge in [0.2, 0.25) is 0 Å². The van der Waals surface area contributed by atoms with Crippen molar-refractivity contribution >= 4 is 18.7 Å². The van der Waals surface area contributed by atoms with Gasteiger partial charge in [-0.25, -0.2) is 0 Å². The Labute approximate surface area is 295 Å². The number of hydrogen-bond acceptors (Lipinski definition) is 6. The van der Waals surface area contributed by atoms with E-state index in [1.165, 1.54) is 10.4 Å². The molecule has 7 heteroatoms. The van der Waals surface area contributed by atoms with Gasteiger partial charge in [-0.05, 0) is 51.5 Å². The highest BCUT2D eigenvalue weighted by Gasteiger charge is 2.50. The zero-order valence-electron chi connectivity index (χ0n) is 30.2. The third kappa shape index (κ3) is 10.8. The zero-order valence-corrected chi connectivity index (χ0v) is 31.2. The minimum absolute atomic E-state index is 0.148. The van der Waals surface area contributed by atoms with Crippen molar-refractivity contribution in [1.82, 2.24) is 0 Å². The molecule has 0 bridgehead atoms. The number of aliphatic hydroxyl groups excluding tert-OH is 2. The van der Waals surface area contributed by atoms with Crippen molar-refractivity contribution in [2.75, 3.05) is 20.3 Å². The lowest BCUT2D eigenvalue weighted by Gasteiger charge is -2.43. The van der Waals surface area contributed by atoms with Gasteiger partial charge < -0.3 is 28.8 Å². The molecular weight excluding hydrogens is 629 g/mol. The van der Waals surface area contributed by atoms with E-state index in [1.807, 2.05) is 66.7 Å². The summed E-state index contributed by atoms with van der Waals surface area (Å²) in [4.78, 5) is 0. The van der Waals surface area contributed by atoms with Gasteiger partial charge in [0.05, 0.1) is 45.2 Å². The first-order valence-electron chi connectivity index (χ1n) is 17.4. The van der Waals surface area contributed by atoms with E-state index in [9.17, 15) is 10.2 Å². The molecule has 2 N–H and O–H groups in total. The lowest BCUT2D eigenvalue weighted by atomic mass is 9.83. The third-order valence-corrected chi connectivity index (χ3v) is 14.3. The highest BCUT2D eigenvalue weighted by molar-refractivity contribution is 6.99. The molecule has 0 fully saturated rings. The number of benzene rings is 4. The Hall–Kier alpha value is -3.30. The fraction of sp³-hybridized carbons (Fsp3) is 0.429. The maximum Gasteiger partial charge on any atom is 0.261 e. The molecular formula is C42H56O6Si. The molecule has 4 rings (SSSR count). The highest BCUT2D eigenvalue weighted by atomic mass is 28.4. The standard InChI is InChI=1S/C42H56O6Si/c1-41(2,3)49(38-18-12-8-13-19-38,39-20-14-9-15-21-39)48-27-26-35(43)28-36(44)29-40(47-31-33-16-10-7-11-17-33)42(4,5)32-46-30-34-22-24-37(45-6)25-23-34/h7-25,35-36,40,43-44H,26-32H2,1-6H3/t35-,36+,40-/m0/s1. The number of aliphatic hydroxyl groups is 2. The third-order valence-electron chi connectivity index (χ3n) is 9.28. The van der Waals surface area contributed by atoms with E-state index in [2.05, 4.69) is 83.1 Å². The molecule has 0 aliphatic carbocycles. The van der Waals surface area contributed by atoms with Crippen molar-refractivity contribution in [3.8, 4) is 5.75 Å². The lowest BCUT2D eigenvalue weighted by molar-refractivity contribution is -0.0962. The van der Waals surface area contributed by atoms with Crippen LogP contribution in [0.1, 0.15) is 65.0 Å². The quantitative estimate of drug-likeness (QED) is 0.101. The fourth-order valence-corrected chi connectivity index (χ4v) is 11.1. The Morgan fingerprint density at radius 1 is 0.633 bits per heavy atom. The van der Waals surface area contributed by atoms with Crippen LogP contribution >= 0.6 is 0 Å². The van der Waals surface area contributed by atoms with Gasteiger partial charge in [-0.15, -0.1) is 0 Å². The molecule has 0 saturated carbocycles. The van der Waals surface area contributed by atoms with E-state index in [4.69, 9.17) is 18.6 Å². The fourth-order valence-electron chi connectivity index (χ4n) is 6.52. The van der Waals surface area contributed by atoms with Crippen molar-refractivity contribution in [3.63, 3.8) is 0 Å². The van der Waals surface area contributed by atoms with Gasteiger partial charge in [0.15, 0.2) is 0 Å². The van der Waals surface area contributed by atoms with Crippen molar-refractivity contribution in [3.05, 3.63) is 126 Å². The van der Waals surface area contributed by atoms with Gasteiger partial charge in [0, 0.05) is 18.4 Å². The molecule has 0 saturated heterocycles. The van der Waals surface area contributed by atoms with Gasteiger partial charge in [-0.2, -0.15) is 0 Å². The molecule has 0 aliphatic rings. The van der Waals surface area contributed by atoms with Crippen molar-refractivity contribution in [1.29, 1.82) is 0 Å². The SMILES string of the molecule is COc1ccc(COCC(C)(C)[C@H](C[C@H](O)C[C@@H](O)CCO[Si](c2ccccc2)(c2ccccc2)C(C)(C)C)OCc2ccccc2)cc1. The largest absolute Gasteiger partial charge is 0.497 e. The average molecular weight is 685 g/mol. The first kappa shape index (κ1) is 38.5. The van der Waals surface area contributed by atoms with Crippen LogP contribution in [-0.2, 0) is 27.1 Å².